The van der Waals surface area contributed by atoms with Crippen LogP contribution in [0.3, 0.4) is 0 Å². The van der Waals surface area contributed by atoms with E-state index in [1.54, 1.807) is 0 Å². The summed E-state index contributed by atoms with van der Waals surface area (Å²) >= 11 is 0. The van der Waals surface area contributed by atoms with Gasteiger partial charge in [-0.2, -0.15) is 0 Å². The Hall–Kier alpha value is -0.570. The Morgan fingerprint density at radius 3 is 2.69 bits per heavy atom. The molecule has 1 aliphatic rings. The number of nitrogens with zero attached hydrogens (tertiary/aromatic N) is 1. The topological polar surface area (TPSA) is 32.3 Å². The lowest BCUT2D eigenvalue weighted by Crippen LogP contribution is -2.32. The van der Waals surface area contributed by atoms with Crippen LogP contribution in [-0.2, 0) is 4.79 Å². The van der Waals surface area contributed by atoms with Gasteiger partial charge >= 0.3 is 0 Å². The zero-order chi connectivity index (χ0) is 9.52. The van der Waals surface area contributed by atoms with Crippen LogP contribution in [0.1, 0.15) is 25.7 Å². The number of nitrogens with one attached hydrogen (secondary N) is 1. The van der Waals surface area contributed by atoms with E-state index >= 15 is 0 Å². The Labute approximate surface area is 80.5 Å². The molecule has 0 radical (unpaired) electrons. The Bertz CT molecular complexity index is 142. The van der Waals surface area contributed by atoms with E-state index in [0.29, 0.717) is 0 Å². The first kappa shape index (κ1) is 10.5. The van der Waals surface area contributed by atoms with Crippen molar-refractivity contribution in [3.05, 3.63) is 0 Å². The SMILES string of the molecule is CNCCCC1CCN(C=O)CC1. The summed E-state index contributed by atoms with van der Waals surface area (Å²) in [4.78, 5) is 12.3. The largest absolute Gasteiger partial charge is 0.345 e. The first-order chi connectivity index (χ1) is 6.36. The molecular weight excluding hydrogens is 164 g/mol. The van der Waals surface area contributed by atoms with E-state index in [1.165, 1.54) is 25.7 Å². The van der Waals surface area contributed by atoms with Gasteiger partial charge in [0.15, 0.2) is 0 Å². The van der Waals surface area contributed by atoms with E-state index in [4.69, 9.17) is 0 Å². The van der Waals surface area contributed by atoms with Gasteiger partial charge in [-0.25, -0.2) is 0 Å². The Kier molecular flexibility index (Phi) is 4.83. The second-order valence-electron chi connectivity index (χ2n) is 3.83. The molecular formula is C10H20N2O. The van der Waals surface area contributed by atoms with E-state index in [2.05, 4.69) is 5.32 Å². The number of carbonyl (C=O) groups is 1. The number of carbonyl (C=O) groups excluding carboxylic acids is 1. The minimum atomic E-state index is 0.851. The van der Waals surface area contributed by atoms with E-state index in [1.807, 2.05) is 11.9 Å². The molecule has 13 heavy (non-hydrogen) atoms. The van der Waals surface area contributed by atoms with Gasteiger partial charge < -0.3 is 10.2 Å². The molecule has 0 saturated carbocycles. The van der Waals surface area contributed by atoms with Crippen molar-refractivity contribution < 1.29 is 4.79 Å². The van der Waals surface area contributed by atoms with E-state index < -0.39 is 0 Å². The third-order valence-corrected chi connectivity index (χ3v) is 2.84. The first-order valence-electron chi connectivity index (χ1n) is 5.20. The van der Waals surface area contributed by atoms with Crippen LogP contribution in [0.25, 0.3) is 0 Å². The molecule has 0 atom stereocenters. The molecule has 0 spiro atoms. The van der Waals surface area contributed by atoms with Crippen LogP contribution in [0.2, 0.25) is 0 Å². The van der Waals surface area contributed by atoms with Crippen LogP contribution >= 0.6 is 0 Å². The lowest BCUT2D eigenvalue weighted by atomic mass is 9.92. The maximum absolute atomic E-state index is 10.4. The molecule has 0 aromatic heterocycles. The van der Waals surface area contributed by atoms with Crippen molar-refractivity contribution in [1.29, 1.82) is 0 Å². The third kappa shape index (κ3) is 3.77. The zero-order valence-electron chi connectivity index (χ0n) is 8.46. The van der Waals surface area contributed by atoms with Crippen molar-refractivity contribution in [2.45, 2.75) is 25.7 Å². The summed E-state index contributed by atoms with van der Waals surface area (Å²) in [5.41, 5.74) is 0. The monoisotopic (exact) mass is 184 g/mol. The van der Waals surface area contributed by atoms with E-state index in [0.717, 1.165) is 32.0 Å². The van der Waals surface area contributed by atoms with Crippen molar-refractivity contribution in [2.24, 2.45) is 5.92 Å². The minimum Gasteiger partial charge on any atom is -0.345 e. The molecule has 0 unspecified atom stereocenters. The Balaban J connectivity index is 2.07. The van der Waals surface area contributed by atoms with Gasteiger partial charge in [-0.1, -0.05) is 0 Å². The second-order valence-corrected chi connectivity index (χ2v) is 3.83. The molecule has 3 nitrogen and oxygen atoms in total. The van der Waals surface area contributed by atoms with Gasteiger partial charge in [0.05, 0.1) is 0 Å². The highest BCUT2D eigenvalue weighted by Gasteiger charge is 2.16. The Morgan fingerprint density at radius 2 is 2.15 bits per heavy atom. The first-order valence-corrected chi connectivity index (χ1v) is 5.20. The lowest BCUT2D eigenvalue weighted by molar-refractivity contribution is -0.119. The van der Waals surface area contributed by atoms with Crippen LogP contribution in [0, 0.1) is 5.92 Å². The highest BCUT2D eigenvalue weighted by Crippen LogP contribution is 2.20. The Morgan fingerprint density at radius 1 is 1.46 bits per heavy atom. The smallest absolute Gasteiger partial charge is 0.209 e. The molecule has 1 aliphatic heterocycles. The molecule has 3 heteroatoms. The molecule has 1 amide bonds. The summed E-state index contributed by atoms with van der Waals surface area (Å²) in [6.45, 7) is 3.05. The molecule has 1 heterocycles. The number of likely N-dealkylation sites (tertiary alicyclic amines) is 1. The highest BCUT2D eigenvalue weighted by molar-refractivity contribution is 5.47. The minimum absolute atomic E-state index is 0.851. The molecule has 1 fully saturated rings. The van der Waals surface area contributed by atoms with Gasteiger partial charge in [0, 0.05) is 13.1 Å². The van der Waals surface area contributed by atoms with Gasteiger partial charge in [0.1, 0.15) is 0 Å². The van der Waals surface area contributed by atoms with E-state index in [-0.39, 0.29) is 0 Å². The van der Waals surface area contributed by atoms with Crippen LogP contribution in [0.4, 0.5) is 0 Å². The second kappa shape index (κ2) is 5.97. The summed E-state index contributed by atoms with van der Waals surface area (Å²) in [6.07, 6.45) is 5.95. The summed E-state index contributed by atoms with van der Waals surface area (Å²) in [7, 11) is 2.00. The fraction of sp³-hybridized carbons (Fsp3) is 0.900. The third-order valence-electron chi connectivity index (χ3n) is 2.84. The van der Waals surface area contributed by atoms with Crippen LogP contribution in [0.5, 0.6) is 0 Å². The zero-order valence-corrected chi connectivity index (χ0v) is 8.46. The van der Waals surface area contributed by atoms with Crippen molar-refractivity contribution in [3.63, 3.8) is 0 Å². The molecule has 0 aliphatic carbocycles. The molecule has 1 saturated heterocycles. The van der Waals surface area contributed by atoms with Crippen molar-refractivity contribution >= 4 is 6.41 Å². The molecule has 76 valence electrons. The fourth-order valence-electron chi connectivity index (χ4n) is 1.91. The van der Waals surface area contributed by atoms with Crippen molar-refractivity contribution in [1.82, 2.24) is 10.2 Å². The number of hydrogen-bond donors (Lipinski definition) is 1. The van der Waals surface area contributed by atoms with Gasteiger partial charge in [-0.15, -0.1) is 0 Å². The molecule has 0 aromatic rings. The predicted molar refractivity (Wildman–Crippen MR) is 53.5 cm³/mol. The fourth-order valence-corrected chi connectivity index (χ4v) is 1.91. The summed E-state index contributed by atoms with van der Waals surface area (Å²) in [5.74, 6) is 0.851. The molecule has 1 N–H and O–H groups in total. The predicted octanol–water partition coefficient (Wildman–Crippen LogP) is 0.854. The quantitative estimate of drug-likeness (QED) is 0.507. The van der Waals surface area contributed by atoms with Gasteiger partial charge in [-0.05, 0) is 45.2 Å². The maximum Gasteiger partial charge on any atom is 0.209 e. The van der Waals surface area contributed by atoms with Gasteiger partial charge in [0.2, 0.25) is 6.41 Å². The number of hydrogen-bond acceptors (Lipinski definition) is 2. The maximum atomic E-state index is 10.4. The standard InChI is InChI=1S/C10H20N2O/c1-11-6-2-3-10-4-7-12(9-13)8-5-10/h9-11H,2-8H2,1H3. The number of piperidine rings is 1. The molecule has 0 bridgehead atoms. The number of amides is 1. The summed E-state index contributed by atoms with van der Waals surface area (Å²) in [5, 5.41) is 3.16. The van der Waals surface area contributed by atoms with Gasteiger partial charge in [-0.3, -0.25) is 4.79 Å². The summed E-state index contributed by atoms with van der Waals surface area (Å²) < 4.78 is 0. The summed E-state index contributed by atoms with van der Waals surface area (Å²) in [6, 6.07) is 0. The average molecular weight is 184 g/mol. The normalized spacial score (nSPS) is 19.0. The lowest BCUT2D eigenvalue weighted by Gasteiger charge is -2.29. The van der Waals surface area contributed by atoms with Crippen LogP contribution in [0.15, 0.2) is 0 Å². The average Bonchev–Trinajstić information content (AvgIpc) is 2.19. The van der Waals surface area contributed by atoms with Crippen LogP contribution in [-0.4, -0.2) is 38.0 Å². The molecule has 1 rings (SSSR count). The number of rotatable bonds is 5. The van der Waals surface area contributed by atoms with E-state index in [9.17, 15) is 4.79 Å². The molecule has 0 aromatic carbocycles. The van der Waals surface area contributed by atoms with Gasteiger partial charge in [0.25, 0.3) is 0 Å². The highest BCUT2D eigenvalue weighted by atomic mass is 16.1. The van der Waals surface area contributed by atoms with Crippen LogP contribution < -0.4 is 5.32 Å². The van der Waals surface area contributed by atoms with Crippen molar-refractivity contribution in [2.75, 3.05) is 26.7 Å². The van der Waals surface area contributed by atoms with Crippen molar-refractivity contribution in [3.8, 4) is 0 Å².